The van der Waals surface area contributed by atoms with Gasteiger partial charge in [0.05, 0.1) is 12.5 Å². The summed E-state index contributed by atoms with van der Waals surface area (Å²) in [6, 6.07) is 11.1. The number of H-pyrrole nitrogens is 1. The number of hydrogen-bond donors (Lipinski definition) is 2. The van der Waals surface area contributed by atoms with Gasteiger partial charge in [-0.25, -0.2) is 0 Å². The minimum Gasteiger partial charge on any atom is -0.361 e. The van der Waals surface area contributed by atoms with E-state index in [2.05, 4.69) is 45.5 Å². The van der Waals surface area contributed by atoms with Gasteiger partial charge in [-0.3, -0.25) is 4.90 Å². The topological polar surface area (TPSA) is 54.9 Å². The number of nitriles is 1. The second-order valence-corrected chi connectivity index (χ2v) is 4.99. The smallest absolute Gasteiger partial charge is 0.0641 e. The van der Waals surface area contributed by atoms with Crippen LogP contribution in [-0.4, -0.2) is 36.1 Å². The van der Waals surface area contributed by atoms with Crippen molar-refractivity contribution in [1.82, 2.24) is 15.2 Å². The molecular formula is C15H18N4. The van der Waals surface area contributed by atoms with Gasteiger partial charge in [0.25, 0.3) is 0 Å². The number of fused-ring (bicyclic) bond motifs is 1. The molecule has 2 heterocycles. The largest absolute Gasteiger partial charge is 0.361 e. The molecule has 2 aromatic rings. The minimum atomic E-state index is 0.208. The molecule has 0 bridgehead atoms. The van der Waals surface area contributed by atoms with E-state index in [1.165, 1.54) is 10.9 Å². The highest BCUT2D eigenvalue weighted by molar-refractivity contribution is 5.80. The Hall–Kier alpha value is -1.83. The molecule has 19 heavy (non-hydrogen) atoms. The van der Waals surface area contributed by atoms with E-state index in [9.17, 15) is 0 Å². The Bertz CT molecular complexity index is 589. The van der Waals surface area contributed by atoms with Gasteiger partial charge in [0, 0.05) is 43.9 Å². The normalized spacial score (nSPS) is 18.3. The third kappa shape index (κ3) is 2.48. The van der Waals surface area contributed by atoms with E-state index in [1.807, 2.05) is 6.20 Å². The average Bonchev–Trinajstić information content (AvgIpc) is 2.93. The SMILES string of the molecule is N#CC[C@H](c1ccc2cc[nH]c2c1)N1CCNCC1. The van der Waals surface area contributed by atoms with Crippen molar-refractivity contribution < 1.29 is 0 Å². The number of nitrogens with one attached hydrogen (secondary N) is 2. The minimum absolute atomic E-state index is 0.208. The number of hydrogen-bond acceptors (Lipinski definition) is 3. The zero-order chi connectivity index (χ0) is 13.1. The lowest BCUT2D eigenvalue weighted by molar-refractivity contribution is 0.176. The standard InChI is InChI=1S/C15H18N4/c16-5-3-15(19-9-7-17-8-10-19)13-2-1-12-4-6-18-14(12)11-13/h1-2,4,6,11,15,17-18H,3,7-10H2/t15-/m1/s1. The van der Waals surface area contributed by atoms with E-state index in [1.54, 1.807) is 0 Å². The molecule has 2 N–H and O–H groups in total. The van der Waals surface area contributed by atoms with Gasteiger partial charge in [-0.2, -0.15) is 5.26 Å². The highest BCUT2D eigenvalue weighted by Crippen LogP contribution is 2.27. The maximum absolute atomic E-state index is 9.10. The van der Waals surface area contributed by atoms with Crippen molar-refractivity contribution in [2.45, 2.75) is 12.5 Å². The van der Waals surface area contributed by atoms with Crippen LogP contribution in [0, 0.1) is 11.3 Å². The number of benzene rings is 1. The van der Waals surface area contributed by atoms with Gasteiger partial charge in [-0.05, 0) is 23.1 Å². The molecule has 1 aromatic carbocycles. The fourth-order valence-corrected chi connectivity index (χ4v) is 2.81. The van der Waals surface area contributed by atoms with Crippen LogP contribution in [0.1, 0.15) is 18.0 Å². The summed E-state index contributed by atoms with van der Waals surface area (Å²) in [5.74, 6) is 0. The van der Waals surface area contributed by atoms with Crippen molar-refractivity contribution in [3.8, 4) is 6.07 Å². The Morgan fingerprint density at radius 2 is 2.11 bits per heavy atom. The molecule has 0 saturated carbocycles. The van der Waals surface area contributed by atoms with Crippen LogP contribution in [0.5, 0.6) is 0 Å². The number of nitrogens with zero attached hydrogens (tertiary/aromatic N) is 2. The van der Waals surface area contributed by atoms with Gasteiger partial charge >= 0.3 is 0 Å². The molecule has 0 amide bonds. The van der Waals surface area contributed by atoms with Crippen molar-refractivity contribution in [1.29, 1.82) is 5.26 Å². The highest BCUT2D eigenvalue weighted by atomic mass is 15.2. The Kier molecular flexibility index (Phi) is 3.49. The molecular weight excluding hydrogens is 236 g/mol. The molecule has 1 aliphatic heterocycles. The predicted molar refractivity (Wildman–Crippen MR) is 75.7 cm³/mol. The molecule has 3 rings (SSSR count). The van der Waals surface area contributed by atoms with E-state index in [4.69, 9.17) is 5.26 Å². The van der Waals surface area contributed by atoms with Gasteiger partial charge in [-0.1, -0.05) is 12.1 Å². The third-order valence-corrected chi connectivity index (χ3v) is 3.84. The zero-order valence-corrected chi connectivity index (χ0v) is 10.9. The van der Waals surface area contributed by atoms with E-state index >= 15 is 0 Å². The Morgan fingerprint density at radius 1 is 1.26 bits per heavy atom. The molecule has 98 valence electrons. The molecule has 0 unspecified atom stereocenters. The zero-order valence-electron chi connectivity index (χ0n) is 10.9. The van der Waals surface area contributed by atoms with Crippen LogP contribution in [0.25, 0.3) is 10.9 Å². The number of aromatic nitrogens is 1. The summed E-state index contributed by atoms with van der Waals surface area (Å²) in [5.41, 5.74) is 2.38. The van der Waals surface area contributed by atoms with Crippen molar-refractivity contribution >= 4 is 10.9 Å². The molecule has 4 nitrogen and oxygen atoms in total. The van der Waals surface area contributed by atoms with Crippen LogP contribution in [0.15, 0.2) is 30.5 Å². The van der Waals surface area contributed by atoms with Crippen molar-refractivity contribution in [2.24, 2.45) is 0 Å². The number of piperazine rings is 1. The lowest BCUT2D eigenvalue weighted by Crippen LogP contribution is -2.45. The lowest BCUT2D eigenvalue weighted by Gasteiger charge is -2.34. The Labute approximate surface area is 113 Å². The third-order valence-electron chi connectivity index (χ3n) is 3.84. The van der Waals surface area contributed by atoms with Crippen LogP contribution in [0.2, 0.25) is 0 Å². The second kappa shape index (κ2) is 5.43. The summed E-state index contributed by atoms with van der Waals surface area (Å²) in [7, 11) is 0. The van der Waals surface area contributed by atoms with E-state index in [-0.39, 0.29) is 6.04 Å². The quantitative estimate of drug-likeness (QED) is 0.881. The summed E-state index contributed by atoms with van der Waals surface area (Å²) < 4.78 is 0. The van der Waals surface area contributed by atoms with Crippen LogP contribution in [0.4, 0.5) is 0 Å². The van der Waals surface area contributed by atoms with E-state index in [0.29, 0.717) is 6.42 Å². The molecule has 1 fully saturated rings. The van der Waals surface area contributed by atoms with Gasteiger partial charge in [0.15, 0.2) is 0 Å². The Morgan fingerprint density at radius 3 is 2.89 bits per heavy atom. The van der Waals surface area contributed by atoms with Crippen LogP contribution >= 0.6 is 0 Å². The van der Waals surface area contributed by atoms with Crippen molar-refractivity contribution in [2.75, 3.05) is 26.2 Å². The summed E-state index contributed by atoms with van der Waals surface area (Å²) >= 11 is 0. The number of rotatable bonds is 3. The van der Waals surface area contributed by atoms with Crippen LogP contribution in [-0.2, 0) is 0 Å². The van der Waals surface area contributed by atoms with Gasteiger partial charge in [0.1, 0.15) is 0 Å². The first-order chi connectivity index (χ1) is 9.38. The molecule has 0 radical (unpaired) electrons. The van der Waals surface area contributed by atoms with Crippen LogP contribution in [0.3, 0.4) is 0 Å². The van der Waals surface area contributed by atoms with Gasteiger partial charge < -0.3 is 10.3 Å². The first kappa shape index (κ1) is 12.2. The number of aromatic amines is 1. The van der Waals surface area contributed by atoms with Crippen molar-refractivity contribution in [3.05, 3.63) is 36.0 Å². The lowest BCUT2D eigenvalue weighted by atomic mass is 10.0. The average molecular weight is 254 g/mol. The van der Waals surface area contributed by atoms with Gasteiger partial charge in [-0.15, -0.1) is 0 Å². The fourth-order valence-electron chi connectivity index (χ4n) is 2.81. The molecule has 1 aliphatic rings. The molecule has 1 saturated heterocycles. The summed E-state index contributed by atoms with van der Waals surface area (Å²) in [5, 5.41) is 13.7. The first-order valence-corrected chi connectivity index (χ1v) is 6.77. The molecule has 1 atom stereocenters. The molecule has 0 spiro atoms. The molecule has 4 heteroatoms. The summed E-state index contributed by atoms with van der Waals surface area (Å²) in [6.07, 6.45) is 2.50. The molecule has 0 aliphatic carbocycles. The summed E-state index contributed by atoms with van der Waals surface area (Å²) in [6.45, 7) is 4.03. The first-order valence-electron chi connectivity index (χ1n) is 6.77. The second-order valence-electron chi connectivity index (χ2n) is 4.99. The maximum atomic E-state index is 9.10. The summed E-state index contributed by atoms with van der Waals surface area (Å²) in [4.78, 5) is 5.65. The van der Waals surface area contributed by atoms with E-state index < -0.39 is 0 Å². The molecule has 1 aromatic heterocycles. The monoisotopic (exact) mass is 254 g/mol. The van der Waals surface area contributed by atoms with Crippen molar-refractivity contribution in [3.63, 3.8) is 0 Å². The van der Waals surface area contributed by atoms with Crippen LogP contribution < -0.4 is 5.32 Å². The highest BCUT2D eigenvalue weighted by Gasteiger charge is 2.22. The Balaban J connectivity index is 1.91. The predicted octanol–water partition coefficient (Wildman–Crippen LogP) is 2.03. The van der Waals surface area contributed by atoms with E-state index in [0.717, 1.165) is 31.7 Å². The fraction of sp³-hybridized carbons (Fsp3) is 0.400. The maximum Gasteiger partial charge on any atom is 0.0641 e. The van der Waals surface area contributed by atoms with Gasteiger partial charge in [0.2, 0.25) is 0 Å².